The minimum absolute atomic E-state index is 0.0828. The summed E-state index contributed by atoms with van der Waals surface area (Å²) in [5.74, 6) is 0. The zero-order valence-corrected chi connectivity index (χ0v) is 15.1. The Kier molecular flexibility index (Phi) is 4.84. The van der Waals surface area contributed by atoms with Crippen molar-refractivity contribution in [3.63, 3.8) is 0 Å². The molecule has 0 atom stereocenters. The molecule has 27 heavy (non-hydrogen) atoms. The van der Waals surface area contributed by atoms with Crippen LogP contribution in [0.3, 0.4) is 0 Å². The van der Waals surface area contributed by atoms with Crippen molar-refractivity contribution in [2.45, 2.75) is 18.0 Å². The molecule has 140 valence electrons. The zero-order valence-electron chi connectivity index (χ0n) is 14.3. The van der Waals surface area contributed by atoms with Gasteiger partial charge in [0.15, 0.2) is 0 Å². The van der Waals surface area contributed by atoms with Crippen LogP contribution in [0.1, 0.15) is 11.1 Å². The monoisotopic (exact) mass is 391 g/mol. The molecule has 0 heterocycles. The number of primary sulfonamides is 1. The van der Waals surface area contributed by atoms with Gasteiger partial charge in [-0.15, -0.1) is 0 Å². The summed E-state index contributed by atoms with van der Waals surface area (Å²) in [6.07, 6.45) is -4.48. The highest BCUT2D eigenvalue weighted by atomic mass is 32.2. The fourth-order valence-corrected chi connectivity index (χ4v) is 3.75. The molecule has 3 aromatic rings. The third kappa shape index (κ3) is 3.89. The van der Waals surface area contributed by atoms with Crippen molar-refractivity contribution in [1.29, 1.82) is 0 Å². The standard InChI is InChI=1S/C20H16F3NO2S/c1-13-10-11-14(12-18(13)20(21,22)23)15-6-2-3-7-16(15)17-8-4-5-9-19(17)27(24,25)26/h2-12H,1H3,(H2,24,25,26). The van der Waals surface area contributed by atoms with E-state index in [9.17, 15) is 21.6 Å². The lowest BCUT2D eigenvalue weighted by atomic mass is 9.92. The summed E-state index contributed by atoms with van der Waals surface area (Å²) in [4.78, 5) is -0.0828. The Labute approximate surface area is 155 Å². The van der Waals surface area contributed by atoms with Crippen LogP contribution in [0.2, 0.25) is 0 Å². The maximum absolute atomic E-state index is 13.3. The van der Waals surface area contributed by atoms with Crippen molar-refractivity contribution in [1.82, 2.24) is 0 Å². The smallest absolute Gasteiger partial charge is 0.225 e. The lowest BCUT2D eigenvalue weighted by Crippen LogP contribution is -2.13. The van der Waals surface area contributed by atoms with Crippen molar-refractivity contribution >= 4 is 10.0 Å². The summed E-state index contributed by atoms with van der Waals surface area (Å²) >= 11 is 0. The Bertz CT molecular complexity index is 1110. The van der Waals surface area contributed by atoms with E-state index in [0.717, 1.165) is 6.07 Å². The second-order valence-corrected chi connectivity index (χ2v) is 7.64. The molecule has 3 nitrogen and oxygen atoms in total. The molecule has 0 saturated heterocycles. The normalized spacial score (nSPS) is 12.2. The predicted molar refractivity (Wildman–Crippen MR) is 98.4 cm³/mol. The zero-order chi connectivity index (χ0) is 19.8. The quantitative estimate of drug-likeness (QED) is 0.683. The Morgan fingerprint density at radius 1 is 0.815 bits per heavy atom. The van der Waals surface area contributed by atoms with E-state index < -0.39 is 21.8 Å². The molecule has 0 saturated carbocycles. The summed E-state index contributed by atoms with van der Waals surface area (Å²) in [6.45, 7) is 1.40. The molecule has 3 rings (SSSR count). The largest absolute Gasteiger partial charge is 0.416 e. The van der Waals surface area contributed by atoms with E-state index in [-0.39, 0.29) is 10.5 Å². The van der Waals surface area contributed by atoms with Gasteiger partial charge >= 0.3 is 6.18 Å². The first-order chi connectivity index (χ1) is 12.6. The fourth-order valence-electron chi connectivity index (χ4n) is 3.00. The highest BCUT2D eigenvalue weighted by molar-refractivity contribution is 7.89. The average Bonchev–Trinajstić information content (AvgIpc) is 2.60. The molecule has 0 radical (unpaired) electrons. The summed E-state index contributed by atoms with van der Waals surface area (Å²) in [5.41, 5.74) is 1.04. The molecule has 0 aliphatic heterocycles. The van der Waals surface area contributed by atoms with Gasteiger partial charge in [0.1, 0.15) is 0 Å². The molecule has 0 fully saturated rings. The van der Waals surface area contributed by atoms with E-state index in [0.29, 0.717) is 22.3 Å². The maximum atomic E-state index is 13.3. The minimum atomic E-state index is -4.48. The first-order valence-corrected chi connectivity index (χ1v) is 9.53. The van der Waals surface area contributed by atoms with Crippen LogP contribution in [0.5, 0.6) is 0 Å². The van der Waals surface area contributed by atoms with Gasteiger partial charge in [-0.2, -0.15) is 13.2 Å². The van der Waals surface area contributed by atoms with Crippen LogP contribution in [0.25, 0.3) is 22.3 Å². The van der Waals surface area contributed by atoms with Gasteiger partial charge in [0.05, 0.1) is 10.5 Å². The molecule has 0 amide bonds. The fraction of sp³-hybridized carbons (Fsp3) is 0.100. The molecule has 0 bridgehead atoms. The van der Waals surface area contributed by atoms with E-state index in [4.69, 9.17) is 5.14 Å². The summed E-state index contributed by atoms with van der Waals surface area (Å²) in [7, 11) is -4.00. The van der Waals surface area contributed by atoms with Crippen LogP contribution in [-0.4, -0.2) is 8.42 Å². The van der Waals surface area contributed by atoms with Crippen molar-refractivity contribution in [2.75, 3.05) is 0 Å². The first-order valence-electron chi connectivity index (χ1n) is 7.98. The SMILES string of the molecule is Cc1ccc(-c2ccccc2-c2ccccc2S(N)(=O)=O)cc1C(F)(F)F. The molecule has 0 aliphatic rings. The molecule has 0 aliphatic carbocycles. The second kappa shape index (κ2) is 6.83. The topological polar surface area (TPSA) is 60.2 Å². The van der Waals surface area contributed by atoms with Crippen LogP contribution < -0.4 is 5.14 Å². The van der Waals surface area contributed by atoms with Crippen molar-refractivity contribution in [3.8, 4) is 22.3 Å². The molecule has 0 aromatic heterocycles. The van der Waals surface area contributed by atoms with Crippen LogP contribution >= 0.6 is 0 Å². The van der Waals surface area contributed by atoms with Gasteiger partial charge in [0.2, 0.25) is 10.0 Å². The number of alkyl halides is 3. The van der Waals surface area contributed by atoms with Gasteiger partial charge in [0, 0.05) is 5.56 Å². The molecule has 3 aromatic carbocycles. The Hall–Kier alpha value is -2.64. The number of benzene rings is 3. The summed E-state index contributed by atoms with van der Waals surface area (Å²) < 4.78 is 63.7. The molecular weight excluding hydrogens is 375 g/mol. The van der Waals surface area contributed by atoms with Gasteiger partial charge in [-0.1, -0.05) is 54.6 Å². The van der Waals surface area contributed by atoms with Crippen LogP contribution in [-0.2, 0) is 16.2 Å². The Morgan fingerprint density at radius 3 is 1.96 bits per heavy atom. The van der Waals surface area contributed by atoms with E-state index in [1.165, 1.54) is 19.1 Å². The number of hydrogen-bond acceptors (Lipinski definition) is 2. The maximum Gasteiger partial charge on any atom is 0.416 e. The lowest BCUT2D eigenvalue weighted by molar-refractivity contribution is -0.138. The third-order valence-electron chi connectivity index (χ3n) is 4.26. The van der Waals surface area contributed by atoms with Crippen LogP contribution in [0.4, 0.5) is 13.2 Å². The predicted octanol–water partition coefficient (Wildman–Crippen LogP) is 5.00. The third-order valence-corrected chi connectivity index (χ3v) is 5.23. The van der Waals surface area contributed by atoms with Gasteiger partial charge in [-0.3, -0.25) is 0 Å². The average molecular weight is 391 g/mol. The van der Waals surface area contributed by atoms with Crippen molar-refractivity contribution in [3.05, 3.63) is 77.9 Å². The summed E-state index contributed by atoms with van der Waals surface area (Å²) in [5, 5.41) is 5.31. The van der Waals surface area contributed by atoms with E-state index >= 15 is 0 Å². The van der Waals surface area contributed by atoms with Crippen LogP contribution in [0.15, 0.2) is 71.6 Å². The molecule has 2 N–H and O–H groups in total. The Morgan fingerprint density at radius 2 is 1.37 bits per heavy atom. The van der Waals surface area contributed by atoms with Gasteiger partial charge < -0.3 is 0 Å². The molecule has 0 spiro atoms. The van der Waals surface area contributed by atoms with Crippen molar-refractivity contribution < 1.29 is 21.6 Å². The van der Waals surface area contributed by atoms with Gasteiger partial charge in [0.25, 0.3) is 0 Å². The Balaban J connectivity index is 2.27. The van der Waals surface area contributed by atoms with E-state index in [1.54, 1.807) is 48.5 Å². The van der Waals surface area contributed by atoms with Crippen LogP contribution in [0, 0.1) is 6.92 Å². The number of aryl methyl sites for hydroxylation is 1. The highest BCUT2D eigenvalue weighted by Gasteiger charge is 2.32. The van der Waals surface area contributed by atoms with Crippen molar-refractivity contribution in [2.24, 2.45) is 5.14 Å². The molecule has 7 heteroatoms. The summed E-state index contributed by atoms with van der Waals surface area (Å²) in [6, 6.07) is 16.9. The molecule has 0 unspecified atom stereocenters. The number of hydrogen-bond donors (Lipinski definition) is 1. The second-order valence-electron chi connectivity index (χ2n) is 6.11. The first kappa shape index (κ1) is 19.1. The lowest BCUT2D eigenvalue weighted by Gasteiger charge is -2.16. The number of halogens is 3. The minimum Gasteiger partial charge on any atom is -0.225 e. The highest BCUT2D eigenvalue weighted by Crippen LogP contribution is 2.39. The van der Waals surface area contributed by atoms with Gasteiger partial charge in [-0.05, 0) is 41.3 Å². The number of nitrogens with two attached hydrogens (primary N) is 1. The number of rotatable bonds is 3. The molecular formula is C20H16F3NO2S. The number of sulfonamides is 1. The van der Waals surface area contributed by atoms with E-state index in [2.05, 4.69) is 0 Å². The van der Waals surface area contributed by atoms with E-state index in [1.807, 2.05) is 0 Å². The van der Waals surface area contributed by atoms with Gasteiger partial charge in [-0.25, -0.2) is 13.6 Å².